The van der Waals surface area contributed by atoms with Crippen LogP contribution >= 0.6 is 47.0 Å². The van der Waals surface area contributed by atoms with Gasteiger partial charge in [0.1, 0.15) is 12.3 Å². The number of likely N-dealkylation sites (tertiary alicyclic amines) is 2. The topological polar surface area (TPSA) is 136 Å². The van der Waals surface area contributed by atoms with Gasteiger partial charge in [-0.2, -0.15) is 0 Å². The molecular weight excluding hydrogens is 923 g/mol. The van der Waals surface area contributed by atoms with Crippen LogP contribution in [0.2, 0.25) is 0 Å². The Labute approximate surface area is 410 Å². The Bertz CT molecular complexity index is 1680. The van der Waals surface area contributed by atoms with Crippen molar-refractivity contribution in [2.24, 2.45) is 0 Å². The number of hydrogen-bond donors (Lipinski definition) is 2. The third-order valence-corrected chi connectivity index (χ3v) is 17.9. The second-order valence-corrected chi connectivity index (χ2v) is 23.2. The van der Waals surface area contributed by atoms with E-state index < -0.39 is 12.3 Å². The van der Waals surface area contributed by atoms with Gasteiger partial charge in [-0.25, -0.2) is 8.78 Å². The van der Waals surface area contributed by atoms with Crippen LogP contribution in [-0.2, 0) is 0 Å². The minimum Gasteiger partial charge on any atom is -0.493 e. The fourth-order valence-corrected chi connectivity index (χ4v) is 14.6. The SMILES string of the molecule is CCSC(SCC)[C@@H]1CC(F)CN1C(=O)c1cc(OC)c(OCCCCCN2CCN(CCCCCOc3cc(N)c(C(=O)N4CC(F)C[C@H]4C(SCC)SCC)cc3OC)CC2)cc1N. The van der Waals surface area contributed by atoms with E-state index in [1.165, 1.54) is 0 Å². The summed E-state index contributed by atoms with van der Waals surface area (Å²) in [6, 6.07) is 6.23. The summed E-state index contributed by atoms with van der Waals surface area (Å²) in [6.45, 7) is 15.9. The van der Waals surface area contributed by atoms with Crippen molar-refractivity contribution < 1.29 is 37.3 Å². The number of piperazine rings is 1. The maximum Gasteiger partial charge on any atom is 0.256 e. The molecule has 3 saturated heterocycles. The lowest BCUT2D eigenvalue weighted by molar-refractivity contribution is 0.0731. The molecular formula is C48H76F2N6O6S4. The third kappa shape index (κ3) is 15.2. The molecule has 0 saturated carbocycles. The van der Waals surface area contributed by atoms with Crippen molar-refractivity contribution in [3.05, 3.63) is 35.4 Å². The predicted octanol–water partition coefficient (Wildman–Crippen LogP) is 9.05. The number of nitrogen functional groups attached to an aromatic ring is 2. The van der Waals surface area contributed by atoms with Gasteiger partial charge in [-0.1, -0.05) is 27.7 Å². The second kappa shape index (κ2) is 28.1. The first kappa shape index (κ1) is 54.3. The first-order valence-corrected chi connectivity index (χ1v) is 28.2. The van der Waals surface area contributed by atoms with Gasteiger partial charge < -0.3 is 50.0 Å². The number of anilines is 2. The summed E-state index contributed by atoms with van der Waals surface area (Å²) in [6.07, 6.45) is 4.58. The molecule has 3 heterocycles. The van der Waals surface area contributed by atoms with Crippen molar-refractivity contribution in [1.29, 1.82) is 0 Å². The smallest absolute Gasteiger partial charge is 0.256 e. The molecule has 0 aliphatic carbocycles. The van der Waals surface area contributed by atoms with Crippen LogP contribution in [0.5, 0.6) is 23.0 Å². The Hall–Kier alpha value is -2.64. The van der Waals surface area contributed by atoms with E-state index in [9.17, 15) is 18.4 Å². The van der Waals surface area contributed by atoms with E-state index >= 15 is 0 Å². The first-order valence-electron chi connectivity index (χ1n) is 24.0. The molecule has 2 amide bonds. The number of alkyl halides is 2. The monoisotopic (exact) mass is 998 g/mol. The van der Waals surface area contributed by atoms with Crippen LogP contribution in [0.25, 0.3) is 0 Å². The minimum atomic E-state index is -1.05. The van der Waals surface area contributed by atoms with Gasteiger partial charge in [-0.15, -0.1) is 47.0 Å². The predicted molar refractivity (Wildman–Crippen MR) is 275 cm³/mol. The van der Waals surface area contributed by atoms with Crippen molar-refractivity contribution in [3.63, 3.8) is 0 Å². The molecule has 66 heavy (non-hydrogen) atoms. The number of nitrogens with zero attached hydrogens (tertiary/aromatic N) is 4. The van der Waals surface area contributed by atoms with Gasteiger partial charge in [0.05, 0.1) is 72.9 Å². The summed E-state index contributed by atoms with van der Waals surface area (Å²) in [5.74, 6) is 4.99. The lowest BCUT2D eigenvalue weighted by atomic mass is 10.1. The molecule has 4 atom stereocenters. The number of nitrogens with two attached hydrogens (primary N) is 2. The Balaban J connectivity index is 0.961. The van der Waals surface area contributed by atoms with E-state index in [1.54, 1.807) is 95.3 Å². The summed E-state index contributed by atoms with van der Waals surface area (Å²) >= 11 is 7.06. The molecule has 12 nitrogen and oxygen atoms in total. The van der Waals surface area contributed by atoms with E-state index in [4.69, 9.17) is 30.4 Å². The zero-order valence-electron chi connectivity index (χ0n) is 40.1. The molecule has 4 N–H and O–H groups in total. The molecule has 372 valence electrons. The summed E-state index contributed by atoms with van der Waals surface area (Å²) < 4.78 is 53.1. The Morgan fingerprint density at radius 1 is 0.591 bits per heavy atom. The lowest BCUT2D eigenvalue weighted by Gasteiger charge is -2.34. The lowest BCUT2D eigenvalue weighted by Crippen LogP contribution is -2.46. The summed E-state index contributed by atoms with van der Waals surface area (Å²) in [5, 5.41) is 0. The number of carbonyl (C=O) groups is 2. The van der Waals surface area contributed by atoms with Crippen molar-refractivity contribution in [1.82, 2.24) is 19.6 Å². The highest BCUT2D eigenvalue weighted by atomic mass is 32.2. The average Bonchev–Trinajstić information content (AvgIpc) is 3.90. The molecule has 5 rings (SSSR count). The highest BCUT2D eigenvalue weighted by Crippen LogP contribution is 2.41. The third-order valence-electron chi connectivity index (χ3n) is 12.4. The van der Waals surface area contributed by atoms with Gasteiger partial charge in [0.2, 0.25) is 0 Å². The highest BCUT2D eigenvalue weighted by Gasteiger charge is 2.42. The number of thioether (sulfide) groups is 4. The van der Waals surface area contributed by atoms with Crippen LogP contribution in [0, 0.1) is 0 Å². The molecule has 3 aliphatic heterocycles. The van der Waals surface area contributed by atoms with Crippen LogP contribution in [0.15, 0.2) is 24.3 Å². The standard InChI is InChI=1S/C48H76F2N6O6S4/c1-7-63-47(64-8-2)39-25-33(49)31-55(39)45(57)35-27-41(59-5)43(29-37(35)51)61-23-15-11-13-17-53-19-21-54(22-20-53)18-14-12-16-24-62-44-30-38(52)36(28-42(44)60-6)46(58)56-32-34(50)26-40(56)48(65-9-3)66-10-4/h27-30,33-34,39-40,47-48H,7-26,31-32,51-52H2,1-6H3/t33?,34?,39-,40-/m0/s1. The number of halogens is 2. The first-order chi connectivity index (χ1) is 32.0. The largest absolute Gasteiger partial charge is 0.493 e. The fourth-order valence-electron chi connectivity index (χ4n) is 9.01. The van der Waals surface area contributed by atoms with Crippen LogP contribution < -0.4 is 30.4 Å². The molecule has 3 fully saturated rings. The van der Waals surface area contributed by atoms with Crippen molar-refractivity contribution >= 4 is 70.2 Å². The van der Waals surface area contributed by atoms with Crippen molar-refractivity contribution in [2.75, 3.05) is 114 Å². The second-order valence-electron chi connectivity index (χ2n) is 17.0. The van der Waals surface area contributed by atoms with Gasteiger partial charge in [-0.05, 0) is 86.8 Å². The molecule has 18 heteroatoms. The molecule has 0 radical (unpaired) electrons. The average molecular weight is 999 g/mol. The summed E-state index contributed by atoms with van der Waals surface area (Å²) in [4.78, 5) is 35.9. The van der Waals surface area contributed by atoms with Crippen LogP contribution in [-0.4, -0.2) is 168 Å². The number of unbranched alkanes of at least 4 members (excludes halogenated alkanes) is 4. The van der Waals surface area contributed by atoms with Gasteiger partial charge in [0.15, 0.2) is 23.0 Å². The molecule has 2 aromatic rings. The normalized spacial score (nSPS) is 20.5. The minimum absolute atomic E-state index is 0.0733. The number of carbonyl (C=O) groups excluding carboxylic acids is 2. The maximum absolute atomic E-state index is 14.7. The van der Waals surface area contributed by atoms with Gasteiger partial charge in [-0.3, -0.25) is 9.59 Å². The number of hydrogen-bond acceptors (Lipinski definition) is 14. The van der Waals surface area contributed by atoms with Crippen LogP contribution in [0.1, 0.15) is 99.8 Å². The molecule has 0 aromatic heterocycles. The van der Waals surface area contributed by atoms with E-state index in [2.05, 4.69) is 37.5 Å². The van der Waals surface area contributed by atoms with Gasteiger partial charge in [0.25, 0.3) is 11.8 Å². The van der Waals surface area contributed by atoms with Crippen LogP contribution in [0.3, 0.4) is 0 Å². The Morgan fingerprint density at radius 3 is 1.29 bits per heavy atom. The summed E-state index contributed by atoms with van der Waals surface area (Å²) in [5.41, 5.74) is 14.1. The Morgan fingerprint density at radius 2 is 0.955 bits per heavy atom. The van der Waals surface area contributed by atoms with E-state index in [1.807, 2.05) is 0 Å². The zero-order valence-corrected chi connectivity index (χ0v) is 43.4. The van der Waals surface area contributed by atoms with Crippen LogP contribution in [0.4, 0.5) is 20.2 Å². The van der Waals surface area contributed by atoms with Gasteiger partial charge >= 0.3 is 0 Å². The number of amides is 2. The number of methoxy groups -OCH3 is 2. The molecule has 3 aliphatic rings. The van der Waals surface area contributed by atoms with Crippen molar-refractivity contribution in [2.45, 2.75) is 113 Å². The maximum atomic E-state index is 14.7. The number of rotatable bonds is 28. The summed E-state index contributed by atoms with van der Waals surface area (Å²) in [7, 11) is 3.11. The molecule has 0 spiro atoms. The Kier molecular flexibility index (Phi) is 23.1. The fraction of sp³-hybridized carbons (Fsp3) is 0.708. The van der Waals surface area contributed by atoms with Crippen molar-refractivity contribution in [3.8, 4) is 23.0 Å². The highest BCUT2D eigenvalue weighted by molar-refractivity contribution is 8.17. The van der Waals surface area contributed by atoms with E-state index in [0.717, 1.165) is 101 Å². The van der Waals surface area contributed by atoms with E-state index in [-0.39, 0.29) is 46.2 Å². The molecule has 2 aromatic carbocycles. The van der Waals surface area contributed by atoms with Gasteiger partial charge in [0, 0.05) is 62.5 Å². The number of benzene rings is 2. The molecule has 2 unspecified atom stereocenters. The number of ether oxygens (including phenoxy) is 4. The quantitative estimate of drug-likeness (QED) is 0.0477. The zero-order chi connectivity index (χ0) is 47.6. The molecule has 0 bridgehead atoms. The van der Waals surface area contributed by atoms with E-state index in [0.29, 0.717) is 71.6 Å².